The molecule has 0 saturated heterocycles. The summed E-state index contributed by atoms with van der Waals surface area (Å²) in [6, 6.07) is 21.0. The lowest BCUT2D eigenvalue weighted by Crippen LogP contribution is -2.32. The summed E-state index contributed by atoms with van der Waals surface area (Å²) in [5.74, 6) is 2.12. The number of aryl methyl sites for hydroxylation is 1. The van der Waals surface area contributed by atoms with Crippen LogP contribution >= 0.6 is 11.6 Å². The Labute approximate surface area is 211 Å². The van der Waals surface area contributed by atoms with E-state index in [9.17, 15) is 5.11 Å². The van der Waals surface area contributed by atoms with E-state index >= 15 is 0 Å². The van der Waals surface area contributed by atoms with Gasteiger partial charge in [0.25, 0.3) is 0 Å². The fraction of sp³-hybridized carbons (Fsp3) is 0.250. The van der Waals surface area contributed by atoms with E-state index in [0.29, 0.717) is 42.7 Å². The van der Waals surface area contributed by atoms with Gasteiger partial charge >= 0.3 is 0 Å². The number of hydrogen-bond donors (Lipinski definition) is 1. The predicted molar refractivity (Wildman–Crippen MR) is 138 cm³/mol. The molecule has 4 rings (SSSR count). The Morgan fingerprint density at radius 2 is 1.89 bits per heavy atom. The second-order valence-corrected chi connectivity index (χ2v) is 8.88. The minimum Gasteiger partial charge on any atom is -0.468 e. The van der Waals surface area contributed by atoms with Gasteiger partial charge in [0, 0.05) is 18.1 Å². The third kappa shape index (κ3) is 6.63. The number of aliphatic hydroxyl groups is 1. The monoisotopic (exact) mass is 491 g/mol. The molecule has 182 valence electrons. The average molecular weight is 492 g/mol. The van der Waals surface area contributed by atoms with Crippen molar-refractivity contribution in [1.82, 2.24) is 14.7 Å². The number of furan rings is 1. The van der Waals surface area contributed by atoms with Crippen molar-refractivity contribution in [3.8, 4) is 17.3 Å². The van der Waals surface area contributed by atoms with E-state index < -0.39 is 6.10 Å². The van der Waals surface area contributed by atoms with Crippen molar-refractivity contribution < 1.29 is 14.3 Å². The third-order valence-electron chi connectivity index (χ3n) is 5.68. The minimum atomic E-state index is -0.493. The molecular formula is C28H30ClN3O3. The fourth-order valence-electron chi connectivity index (χ4n) is 3.91. The lowest BCUT2D eigenvalue weighted by atomic mass is 10.1. The van der Waals surface area contributed by atoms with Crippen molar-refractivity contribution in [3.63, 3.8) is 0 Å². The van der Waals surface area contributed by atoms with E-state index in [2.05, 4.69) is 11.5 Å². The first-order valence-corrected chi connectivity index (χ1v) is 12.0. The van der Waals surface area contributed by atoms with Gasteiger partial charge in [-0.1, -0.05) is 35.9 Å². The van der Waals surface area contributed by atoms with Gasteiger partial charge in [-0.3, -0.25) is 4.90 Å². The van der Waals surface area contributed by atoms with E-state index in [1.165, 1.54) is 0 Å². The number of aromatic nitrogens is 2. The van der Waals surface area contributed by atoms with E-state index in [0.717, 1.165) is 29.1 Å². The van der Waals surface area contributed by atoms with Crippen LogP contribution in [0, 0.1) is 6.92 Å². The van der Waals surface area contributed by atoms with Crippen molar-refractivity contribution in [3.05, 3.63) is 108 Å². The highest BCUT2D eigenvalue weighted by Gasteiger charge is 2.23. The Balaban J connectivity index is 1.69. The van der Waals surface area contributed by atoms with Gasteiger partial charge in [-0.2, -0.15) is 5.10 Å². The molecule has 0 aliphatic carbocycles. The Kier molecular flexibility index (Phi) is 8.42. The summed E-state index contributed by atoms with van der Waals surface area (Å²) in [5, 5.41) is 16.1. The van der Waals surface area contributed by atoms with Crippen LogP contribution in [0.15, 0.2) is 90.1 Å². The average Bonchev–Trinajstić information content (AvgIpc) is 3.48. The lowest BCUT2D eigenvalue weighted by Gasteiger charge is -2.24. The molecule has 2 heterocycles. The van der Waals surface area contributed by atoms with Gasteiger partial charge in [0.15, 0.2) is 0 Å². The highest BCUT2D eigenvalue weighted by molar-refractivity contribution is 6.30. The van der Waals surface area contributed by atoms with Crippen molar-refractivity contribution >= 4 is 11.6 Å². The van der Waals surface area contributed by atoms with Crippen LogP contribution in [0.4, 0.5) is 0 Å². The summed E-state index contributed by atoms with van der Waals surface area (Å²) >= 11 is 6.08. The molecule has 0 amide bonds. The largest absolute Gasteiger partial charge is 0.468 e. The van der Waals surface area contributed by atoms with Crippen molar-refractivity contribution in [2.45, 2.75) is 39.0 Å². The normalized spacial score (nSPS) is 12.1. The molecule has 1 atom stereocenters. The zero-order chi connectivity index (χ0) is 24.6. The standard InChI is InChI=1S/C28H30ClN3O3/c1-3-4-11-24(33)18-31(19-26-12-8-17-34-26)20-27-21(2)30-32(23-9-6-5-7-10-23)28(27)35-25-15-13-22(29)14-16-25/h3,5-10,12-17,24,33H,1,4,11,18-20H2,2H3. The Bertz CT molecular complexity index is 1200. The van der Waals surface area contributed by atoms with Gasteiger partial charge < -0.3 is 14.3 Å². The van der Waals surface area contributed by atoms with Crippen molar-refractivity contribution in [2.75, 3.05) is 6.54 Å². The van der Waals surface area contributed by atoms with Crippen molar-refractivity contribution in [2.24, 2.45) is 0 Å². The molecule has 1 unspecified atom stereocenters. The fourth-order valence-corrected chi connectivity index (χ4v) is 4.04. The molecule has 0 bridgehead atoms. The maximum Gasteiger partial charge on any atom is 0.227 e. The van der Waals surface area contributed by atoms with E-state index in [1.54, 1.807) is 18.4 Å². The number of benzene rings is 2. The minimum absolute atomic E-state index is 0.477. The molecule has 7 heteroatoms. The van der Waals surface area contributed by atoms with Gasteiger partial charge in [0.2, 0.25) is 5.88 Å². The van der Waals surface area contributed by atoms with Gasteiger partial charge in [-0.25, -0.2) is 4.68 Å². The van der Waals surface area contributed by atoms with Crippen LogP contribution in [0.25, 0.3) is 5.69 Å². The van der Waals surface area contributed by atoms with Gasteiger partial charge in [-0.15, -0.1) is 6.58 Å². The van der Waals surface area contributed by atoms with E-state index in [-0.39, 0.29) is 0 Å². The third-order valence-corrected chi connectivity index (χ3v) is 5.93. The molecular weight excluding hydrogens is 462 g/mol. The first-order chi connectivity index (χ1) is 17.0. The summed E-state index contributed by atoms with van der Waals surface area (Å²) in [7, 11) is 0. The summed E-state index contributed by atoms with van der Waals surface area (Å²) in [6.07, 6.45) is 4.40. The van der Waals surface area contributed by atoms with Crippen LogP contribution in [0.2, 0.25) is 5.02 Å². The molecule has 2 aromatic heterocycles. The summed E-state index contributed by atoms with van der Waals surface area (Å²) in [4.78, 5) is 2.15. The smallest absolute Gasteiger partial charge is 0.227 e. The van der Waals surface area contributed by atoms with Crippen LogP contribution in [0.1, 0.15) is 29.9 Å². The maximum absolute atomic E-state index is 10.7. The molecule has 35 heavy (non-hydrogen) atoms. The number of halogens is 1. The zero-order valence-electron chi connectivity index (χ0n) is 19.8. The van der Waals surface area contributed by atoms with Crippen molar-refractivity contribution in [1.29, 1.82) is 0 Å². The van der Waals surface area contributed by atoms with Gasteiger partial charge in [-0.05, 0) is 68.3 Å². The number of hydrogen-bond acceptors (Lipinski definition) is 5. The predicted octanol–water partition coefficient (Wildman–Crippen LogP) is 6.55. The first-order valence-electron chi connectivity index (χ1n) is 11.6. The maximum atomic E-state index is 10.7. The summed E-state index contributed by atoms with van der Waals surface area (Å²) in [5.41, 5.74) is 2.68. The van der Waals surface area contributed by atoms with E-state index in [1.807, 2.05) is 72.3 Å². The highest BCUT2D eigenvalue weighted by Crippen LogP contribution is 2.32. The summed E-state index contributed by atoms with van der Waals surface area (Å²) < 4.78 is 13.8. The number of nitrogens with zero attached hydrogens (tertiary/aromatic N) is 3. The number of ether oxygens (including phenoxy) is 1. The SMILES string of the molecule is C=CCCC(O)CN(Cc1ccco1)Cc1c(C)nn(-c2ccccc2)c1Oc1ccc(Cl)cc1. The molecule has 1 N–H and O–H groups in total. The number of allylic oxidation sites excluding steroid dienone is 1. The molecule has 0 spiro atoms. The second kappa shape index (κ2) is 11.9. The lowest BCUT2D eigenvalue weighted by molar-refractivity contribution is 0.0939. The molecule has 0 fully saturated rings. The van der Waals surface area contributed by atoms with Gasteiger partial charge in [0.05, 0.1) is 35.9 Å². The van der Waals surface area contributed by atoms with E-state index in [4.69, 9.17) is 25.9 Å². The Morgan fingerprint density at radius 1 is 1.11 bits per heavy atom. The molecule has 6 nitrogen and oxygen atoms in total. The molecule has 2 aromatic carbocycles. The quantitative estimate of drug-likeness (QED) is 0.228. The van der Waals surface area contributed by atoms with Crippen LogP contribution < -0.4 is 4.74 Å². The van der Waals surface area contributed by atoms with Crippen LogP contribution in [-0.4, -0.2) is 32.4 Å². The highest BCUT2D eigenvalue weighted by atomic mass is 35.5. The second-order valence-electron chi connectivity index (χ2n) is 8.44. The topological polar surface area (TPSA) is 63.7 Å². The molecule has 4 aromatic rings. The molecule has 0 radical (unpaired) electrons. The molecule has 0 aliphatic rings. The van der Waals surface area contributed by atoms with Gasteiger partial charge in [0.1, 0.15) is 11.5 Å². The van der Waals surface area contributed by atoms with Crippen LogP contribution in [-0.2, 0) is 13.1 Å². The molecule has 0 aliphatic heterocycles. The molecule has 0 saturated carbocycles. The number of aliphatic hydroxyl groups excluding tert-OH is 1. The Hall–Kier alpha value is -3.32. The zero-order valence-corrected chi connectivity index (χ0v) is 20.6. The number of rotatable bonds is 12. The number of para-hydroxylation sites is 1. The van der Waals surface area contributed by atoms with Crippen LogP contribution in [0.5, 0.6) is 11.6 Å². The first kappa shape index (κ1) is 24.8. The Morgan fingerprint density at radius 3 is 2.57 bits per heavy atom. The summed E-state index contributed by atoms with van der Waals surface area (Å²) in [6.45, 7) is 7.29. The van der Waals surface area contributed by atoms with Crippen LogP contribution in [0.3, 0.4) is 0 Å².